The lowest BCUT2D eigenvalue weighted by molar-refractivity contribution is -0.121. The smallest absolute Gasteiger partial charge is 0.228 e. The molecule has 0 unspecified atom stereocenters. The van der Waals surface area contributed by atoms with Gasteiger partial charge in [-0.1, -0.05) is 30.3 Å². The van der Waals surface area contributed by atoms with Gasteiger partial charge in [-0.05, 0) is 55.5 Å². The van der Waals surface area contributed by atoms with Crippen LogP contribution in [0.25, 0.3) is 0 Å². The third-order valence-corrected chi connectivity index (χ3v) is 7.25. The van der Waals surface area contributed by atoms with E-state index in [1.165, 1.54) is 11.2 Å². The Kier molecular flexibility index (Phi) is 7.81. The Labute approximate surface area is 183 Å². The van der Waals surface area contributed by atoms with Crippen molar-refractivity contribution in [2.75, 3.05) is 29.5 Å². The summed E-state index contributed by atoms with van der Waals surface area (Å²) in [5.41, 5.74) is 2.39. The van der Waals surface area contributed by atoms with Gasteiger partial charge in [-0.25, -0.2) is 12.7 Å². The van der Waals surface area contributed by atoms with Gasteiger partial charge >= 0.3 is 0 Å². The molecule has 1 atom stereocenters. The maximum absolute atomic E-state index is 12.8. The Morgan fingerprint density at radius 3 is 2.29 bits per heavy atom. The molecule has 31 heavy (non-hydrogen) atoms. The van der Waals surface area contributed by atoms with Crippen molar-refractivity contribution in [3.8, 4) is 0 Å². The number of hydrogen-bond donors (Lipinski definition) is 2. The number of hydrogen-bond acceptors (Lipinski definition) is 4. The van der Waals surface area contributed by atoms with Crippen LogP contribution in [0.2, 0.25) is 0 Å². The molecule has 0 aliphatic carbocycles. The monoisotopic (exact) mass is 443 g/mol. The highest BCUT2D eigenvalue weighted by Gasteiger charge is 2.32. The average Bonchev–Trinajstić information content (AvgIpc) is 2.75. The molecule has 2 amide bonds. The van der Waals surface area contributed by atoms with E-state index in [0.29, 0.717) is 43.6 Å². The van der Waals surface area contributed by atoms with Crippen molar-refractivity contribution in [1.82, 2.24) is 4.31 Å². The topological polar surface area (TPSA) is 95.6 Å². The van der Waals surface area contributed by atoms with Crippen molar-refractivity contribution < 1.29 is 18.0 Å². The quantitative estimate of drug-likeness (QED) is 0.655. The van der Waals surface area contributed by atoms with E-state index in [2.05, 4.69) is 10.6 Å². The largest absolute Gasteiger partial charge is 0.326 e. The number of nitrogens with one attached hydrogen (secondary N) is 2. The van der Waals surface area contributed by atoms with Crippen molar-refractivity contribution in [3.63, 3.8) is 0 Å². The number of benzene rings is 2. The number of carbonyl (C=O) groups is 2. The van der Waals surface area contributed by atoms with Crippen LogP contribution in [-0.4, -0.2) is 43.4 Å². The second-order valence-corrected chi connectivity index (χ2v) is 9.94. The number of nitrogens with zero attached hydrogens (tertiary/aromatic N) is 1. The van der Waals surface area contributed by atoms with E-state index in [1.807, 2.05) is 30.3 Å². The molecule has 2 aromatic rings. The third-order valence-electron chi connectivity index (χ3n) is 5.33. The summed E-state index contributed by atoms with van der Waals surface area (Å²) in [6, 6.07) is 16.7. The number of piperidine rings is 1. The van der Waals surface area contributed by atoms with Crippen LogP contribution < -0.4 is 10.6 Å². The van der Waals surface area contributed by atoms with Crippen LogP contribution >= 0.6 is 0 Å². The first-order chi connectivity index (χ1) is 14.8. The molecule has 7 nitrogen and oxygen atoms in total. The molecule has 166 valence electrons. The number of anilines is 2. The lowest BCUT2D eigenvalue weighted by atomic mass is 9.98. The lowest BCUT2D eigenvalue weighted by Crippen LogP contribution is -2.44. The molecule has 2 N–H and O–H groups in total. The number of amides is 2. The predicted octanol–water partition coefficient (Wildman–Crippen LogP) is 3.26. The van der Waals surface area contributed by atoms with Crippen LogP contribution in [0.1, 0.15) is 31.7 Å². The molecule has 0 spiro atoms. The number of sulfonamides is 1. The maximum Gasteiger partial charge on any atom is 0.228 e. The van der Waals surface area contributed by atoms with Gasteiger partial charge in [0, 0.05) is 31.4 Å². The Hall–Kier alpha value is -2.71. The van der Waals surface area contributed by atoms with E-state index in [4.69, 9.17) is 0 Å². The highest BCUT2D eigenvalue weighted by atomic mass is 32.2. The minimum absolute atomic E-state index is 0.0842. The van der Waals surface area contributed by atoms with Crippen molar-refractivity contribution in [3.05, 3.63) is 60.2 Å². The molecule has 8 heteroatoms. The highest BCUT2D eigenvalue weighted by molar-refractivity contribution is 7.89. The van der Waals surface area contributed by atoms with E-state index >= 15 is 0 Å². The number of carbonyl (C=O) groups excluding carboxylic acids is 2. The Morgan fingerprint density at radius 2 is 1.65 bits per heavy atom. The van der Waals surface area contributed by atoms with Crippen LogP contribution in [0, 0.1) is 5.92 Å². The molecular formula is C23H29N3O4S. The third kappa shape index (κ3) is 6.90. The second-order valence-electron chi connectivity index (χ2n) is 7.85. The minimum atomic E-state index is -3.40. The maximum atomic E-state index is 12.8. The molecular weight excluding hydrogens is 414 g/mol. The Bertz CT molecular complexity index is 991. The predicted molar refractivity (Wildman–Crippen MR) is 122 cm³/mol. The van der Waals surface area contributed by atoms with Crippen LogP contribution in [0.3, 0.4) is 0 Å². The van der Waals surface area contributed by atoms with Gasteiger partial charge < -0.3 is 10.6 Å². The molecule has 0 radical (unpaired) electrons. The normalized spacial score (nSPS) is 17.1. The summed E-state index contributed by atoms with van der Waals surface area (Å²) in [6.07, 6.45) is 2.59. The number of aryl methyl sites for hydroxylation is 1. The van der Waals surface area contributed by atoms with Gasteiger partial charge in [0.2, 0.25) is 21.8 Å². The SMILES string of the molecule is CC(=O)Nc1ccc(NC(=O)[C@H]2CCCN(S(=O)(=O)CCCc3ccccc3)C2)cc1. The summed E-state index contributed by atoms with van der Waals surface area (Å²) in [6.45, 7) is 2.10. The molecule has 1 fully saturated rings. The van der Waals surface area contributed by atoms with Crippen LogP contribution in [-0.2, 0) is 26.0 Å². The second kappa shape index (κ2) is 10.5. The van der Waals surface area contributed by atoms with Gasteiger partial charge in [0.15, 0.2) is 0 Å². The zero-order chi connectivity index (χ0) is 22.3. The standard InChI is InChI=1S/C23H29N3O4S/c1-18(27)24-21-11-13-22(14-12-21)25-23(28)20-10-5-15-26(17-20)31(29,30)16-6-9-19-7-3-2-4-8-19/h2-4,7-8,11-14,20H,5-6,9-10,15-17H2,1H3,(H,24,27)(H,25,28)/t20-/m0/s1. The van der Waals surface area contributed by atoms with E-state index in [9.17, 15) is 18.0 Å². The van der Waals surface area contributed by atoms with Crippen molar-refractivity contribution in [2.24, 2.45) is 5.92 Å². The van der Waals surface area contributed by atoms with Gasteiger partial charge in [-0.3, -0.25) is 9.59 Å². The molecule has 0 bridgehead atoms. The summed E-state index contributed by atoms with van der Waals surface area (Å²) in [4.78, 5) is 23.8. The molecule has 1 heterocycles. The molecule has 0 aromatic heterocycles. The van der Waals surface area contributed by atoms with Gasteiger partial charge in [-0.15, -0.1) is 0 Å². The summed E-state index contributed by atoms with van der Waals surface area (Å²) in [5, 5.41) is 5.53. The summed E-state index contributed by atoms with van der Waals surface area (Å²) < 4.78 is 27.0. The summed E-state index contributed by atoms with van der Waals surface area (Å²) in [5.74, 6) is -0.644. The summed E-state index contributed by atoms with van der Waals surface area (Å²) >= 11 is 0. The van der Waals surface area contributed by atoms with Crippen LogP contribution in [0.15, 0.2) is 54.6 Å². The zero-order valence-corrected chi connectivity index (χ0v) is 18.5. The van der Waals surface area contributed by atoms with Gasteiger partial charge in [0.1, 0.15) is 0 Å². The van der Waals surface area contributed by atoms with E-state index < -0.39 is 10.0 Å². The van der Waals surface area contributed by atoms with Gasteiger partial charge in [0.05, 0.1) is 11.7 Å². The molecule has 0 saturated carbocycles. The fraction of sp³-hybridized carbons (Fsp3) is 0.391. The average molecular weight is 444 g/mol. The zero-order valence-electron chi connectivity index (χ0n) is 17.7. The molecule has 1 aliphatic rings. The Balaban J connectivity index is 1.52. The van der Waals surface area contributed by atoms with Gasteiger partial charge in [0.25, 0.3) is 0 Å². The first-order valence-electron chi connectivity index (χ1n) is 10.5. The fourth-order valence-corrected chi connectivity index (χ4v) is 5.31. The van der Waals surface area contributed by atoms with Crippen molar-refractivity contribution in [2.45, 2.75) is 32.6 Å². The van der Waals surface area contributed by atoms with Crippen LogP contribution in [0.4, 0.5) is 11.4 Å². The fourth-order valence-electron chi connectivity index (χ4n) is 3.73. The van der Waals surface area contributed by atoms with E-state index in [1.54, 1.807) is 24.3 Å². The van der Waals surface area contributed by atoms with Crippen molar-refractivity contribution >= 4 is 33.2 Å². The first-order valence-corrected chi connectivity index (χ1v) is 12.1. The van der Waals surface area contributed by atoms with Crippen LogP contribution in [0.5, 0.6) is 0 Å². The molecule has 3 rings (SSSR count). The molecule has 1 aliphatic heterocycles. The Morgan fingerprint density at radius 1 is 1.00 bits per heavy atom. The summed E-state index contributed by atoms with van der Waals surface area (Å²) in [7, 11) is -3.40. The van der Waals surface area contributed by atoms with Gasteiger partial charge in [-0.2, -0.15) is 0 Å². The minimum Gasteiger partial charge on any atom is -0.326 e. The molecule has 2 aromatic carbocycles. The first kappa shape index (κ1) is 23.0. The van der Waals surface area contributed by atoms with E-state index in [0.717, 1.165) is 5.56 Å². The highest BCUT2D eigenvalue weighted by Crippen LogP contribution is 2.22. The lowest BCUT2D eigenvalue weighted by Gasteiger charge is -2.31. The number of rotatable bonds is 8. The molecule has 1 saturated heterocycles. The van der Waals surface area contributed by atoms with Crippen molar-refractivity contribution in [1.29, 1.82) is 0 Å². The van der Waals surface area contributed by atoms with E-state index in [-0.39, 0.29) is 30.0 Å².